The van der Waals surface area contributed by atoms with Gasteiger partial charge in [-0.05, 0) is 42.8 Å². The molecule has 0 saturated heterocycles. The Bertz CT molecular complexity index is 1150. The minimum atomic E-state index is -0.0630. The predicted molar refractivity (Wildman–Crippen MR) is 122 cm³/mol. The zero-order valence-corrected chi connectivity index (χ0v) is 17.8. The van der Waals surface area contributed by atoms with Crippen LogP contribution in [0, 0.1) is 0 Å². The van der Waals surface area contributed by atoms with Crippen LogP contribution in [0.3, 0.4) is 0 Å². The van der Waals surface area contributed by atoms with E-state index in [1.54, 1.807) is 0 Å². The molecule has 4 nitrogen and oxygen atoms in total. The lowest BCUT2D eigenvalue weighted by molar-refractivity contribution is 0.0953. The number of para-hydroxylation sites is 2. The van der Waals surface area contributed by atoms with Crippen LogP contribution in [0.5, 0.6) is 0 Å². The van der Waals surface area contributed by atoms with Gasteiger partial charge in [0.25, 0.3) is 5.91 Å². The standard InChI is InChI=1S/C24H21Cl2N3O/c25-19-10-6-11-20(26)18(19)16-29-22-13-5-4-12-21(22)28-23(29)14-7-15-27-24(30)17-8-2-1-3-9-17/h1-6,8-13H,7,14-16H2,(H,27,30). The summed E-state index contributed by atoms with van der Waals surface area (Å²) in [6.45, 7) is 1.12. The number of carbonyl (C=O) groups is 1. The third-order valence-electron chi connectivity index (χ3n) is 5.01. The molecular weight excluding hydrogens is 417 g/mol. The number of halogens is 2. The maximum absolute atomic E-state index is 12.2. The minimum absolute atomic E-state index is 0.0630. The zero-order chi connectivity index (χ0) is 20.9. The molecule has 0 bridgehead atoms. The molecule has 6 heteroatoms. The molecule has 0 spiro atoms. The number of amides is 1. The quantitative estimate of drug-likeness (QED) is 0.373. The summed E-state index contributed by atoms with van der Waals surface area (Å²) >= 11 is 12.8. The van der Waals surface area contributed by atoms with Crippen LogP contribution in [0.2, 0.25) is 10.0 Å². The van der Waals surface area contributed by atoms with Gasteiger partial charge in [0.2, 0.25) is 0 Å². The number of rotatable bonds is 7. The van der Waals surface area contributed by atoms with Crippen LogP contribution in [0.15, 0.2) is 72.8 Å². The number of carbonyl (C=O) groups excluding carboxylic acids is 1. The largest absolute Gasteiger partial charge is 0.352 e. The van der Waals surface area contributed by atoms with Gasteiger partial charge in [-0.2, -0.15) is 0 Å². The van der Waals surface area contributed by atoms with Crippen LogP contribution in [-0.4, -0.2) is 22.0 Å². The van der Waals surface area contributed by atoms with Crippen molar-refractivity contribution < 1.29 is 4.79 Å². The molecule has 1 N–H and O–H groups in total. The molecule has 4 aromatic rings. The lowest BCUT2D eigenvalue weighted by Crippen LogP contribution is -2.24. The van der Waals surface area contributed by atoms with Gasteiger partial charge in [-0.3, -0.25) is 4.79 Å². The Hall–Kier alpha value is -2.82. The van der Waals surface area contributed by atoms with Gasteiger partial charge in [-0.15, -0.1) is 0 Å². The summed E-state index contributed by atoms with van der Waals surface area (Å²) in [5.41, 5.74) is 3.52. The van der Waals surface area contributed by atoms with Crippen molar-refractivity contribution in [2.45, 2.75) is 19.4 Å². The molecule has 0 aliphatic rings. The molecule has 0 aliphatic carbocycles. The molecule has 0 radical (unpaired) electrons. The average molecular weight is 438 g/mol. The first kappa shape index (κ1) is 20.5. The van der Waals surface area contributed by atoms with E-state index in [2.05, 4.69) is 9.88 Å². The van der Waals surface area contributed by atoms with Crippen molar-refractivity contribution in [1.82, 2.24) is 14.9 Å². The van der Waals surface area contributed by atoms with Gasteiger partial charge >= 0.3 is 0 Å². The highest BCUT2D eigenvalue weighted by Crippen LogP contribution is 2.27. The van der Waals surface area contributed by atoms with Crippen LogP contribution in [-0.2, 0) is 13.0 Å². The first-order valence-corrected chi connectivity index (χ1v) is 10.6. The van der Waals surface area contributed by atoms with E-state index >= 15 is 0 Å². The number of hydrogen-bond donors (Lipinski definition) is 1. The summed E-state index contributed by atoms with van der Waals surface area (Å²) in [4.78, 5) is 17.0. The molecule has 3 aromatic carbocycles. The molecule has 0 aliphatic heterocycles. The van der Waals surface area contributed by atoms with Crippen molar-refractivity contribution in [3.05, 3.63) is 99.8 Å². The Morgan fingerprint density at radius 1 is 0.900 bits per heavy atom. The van der Waals surface area contributed by atoms with E-state index in [-0.39, 0.29) is 5.91 Å². The van der Waals surface area contributed by atoms with Crippen LogP contribution < -0.4 is 5.32 Å². The summed E-state index contributed by atoms with van der Waals surface area (Å²) in [6.07, 6.45) is 1.50. The molecule has 4 rings (SSSR count). The number of imidazole rings is 1. The monoisotopic (exact) mass is 437 g/mol. The van der Waals surface area contributed by atoms with Crippen LogP contribution in [0.4, 0.5) is 0 Å². The Morgan fingerprint density at radius 2 is 1.60 bits per heavy atom. The molecule has 1 amide bonds. The second-order valence-electron chi connectivity index (χ2n) is 7.03. The molecule has 0 atom stereocenters. The number of fused-ring (bicyclic) bond motifs is 1. The third kappa shape index (κ3) is 4.50. The lowest BCUT2D eigenvalue weighted by Gasteiger charge is -2.12. The fourth-order valence-electron chi connectivity index (χ4n) is 3.47. The molecule has 0 fully saturated rings. The smallest absolute Gasteiger partial charge is 0.251 e. The molecule has 1 heterocycles. The predicted octanol–water partition coefficient (Wildman–Crippen LogP) is 5.75. The van der Waals surface area contributed by atoms with Gasteiger partial charge in [0.05, 0.1) is 17.6 Å². The fourth-order valence-corrected chi connectivity index (χ4v) is 3.99. The summed E-state index contributed by atoms with van der Waals surface area (Å²) in [5.74, 6) is 0.882. The highest BCUT2D eigenvalue weighted by Gasteiger charge is 2.14. The van der Waals surface area contributed by atoms with Crippen molar-refractivity contribution in [2.75, 3.05) is 6.54 Å². The molecule has 1 aromatic heterocycles. The number of aromatic nitrogens is 2. The Balaban J connectivity index is 1.50. The van der Waals surface area contributed by atoms with E-state index in [1.165, 1.54) is 0 Å². The number of hydrogen-bond acceptors (Lipinski definition) is 2. The van der Waals surface area contributed by atoms with E-state index in [4.69, 9.17) is 28.2 Å². The van der Waals surface area contributed by atoms with E-state index in [0.29, 0.717) is 28.7 Å². The Morgan fingerprint density at radius 3 is 2.37 bits per heavy atom. The van der Waals surface area contributed by atoms with Crippen molar-refractivity contribution in [2.24, 2.45) is 0 Å². The average Bonchev–Trinajstić information content (AvgIpc) is 3.11. The summed E-state index contributed by atoms with van der Waals surface area (Å²) in [7, 11) is 0. The first-order valence-electron chi connectivity index (χ1n) is 9.84. The normalized spacial score (nSPS) is 11.0. The van der Waals surface area contributed by atoms with E-state index in [9.17, 15) is 4.79 Å². The topological polar surface area (TPSA) is 46.9 Å². The van der Waals surface area contributed by atoms with Gasteiger partial charge in [0, 0.05) is 34.1 Å². The molecule has 0 saturated carbocycles. The number of nitrogens with zero attached hydrogens (tertiary/aromatic N) is 2. The van der Waals surface area contributed by atoms with Crippen LogP contribution in [0.25, 0.3) is 11.0 Å². The van der Waals surface area contributed by atoms with Crippen molar-refractivity contribution in [1.29, 1.82) is 0 Å². The van der Waals surface area contributed by atoms with Gasteiger partial charge in [-0.25, -0.2) is 4.98 Å². The van der Waals surface area contributed by atoms with E-state index in [0.717, 1.165) is 35.3 Å². The molecular formula is C24H21Cl2N3O. The van der Waals surface area contributed by atoms with Crippen molar-refractivity contribution in [3.8, 4) is 0 Å². The Labute approximate surface area is 185 Å². The van der Waals surface area contributed by atoms with E-state index in [1.807, 2.05) is 72.8 Å². The fraction of sp³-hybridized carbons (Fsp3) is 0.167. The van der Waals surface area contributed by atoms with Crippen LogP contribution in [0.1, 0.15) is 28.2 Å². The number of nitrogens with one attached hydrogen (secondary N) is 1. The lowest BCUT2D eigenvalue weighted by atomic mass is 10.2. The van der Waals surface area contributed by atoms with Gasteiger partial charge in [0.15, 0.2) is 0 Å². The maximum atomic E-state index is 12.2. The minimum Gasteiger partial charge on any atom is -0.352 e. The summed E-state index contributed by atoms with van der Waals surface area (Å²) in [6, 6.07) is 22.8. The summed E-state index contributed by atoms with van der Waals surface area (Å²) in [5, 5.41) is 4.25. The number of benzene rings is 3. The van der Waals surface area contributed by atoms with Crippen molar-refractivity contribution in [3.63, 3.8) is 0 Å². The van der Waals surface area contributed by atoms with Gasteiger partial charge in [0.1, 0.15) is 5.82 Å². The zero-order valence-electron chi connectivity index (χ0n) is 16.3. The second kappa shape index (κ2) is 9.33. The second-order valence-corrected chi connectivity index (χ2v) is 7.84. The Kier molecular flexibility index (Phi) is 6.36. The number of aryl methyl sites for hydroxylation is 1. The highest BCUT2D eigenvalue weighted by atomic mass is 35.5. The molecule has 152 valence electrons. The SMILES string of the molecule is O=C(NCCCc1nc2ccccc2n1Cc1c(Cl)cccc1Cl)c1ccccc1. The van der Waals surface area contributed by atoms with Gasteiger partial charge in [-0.1, -0.05) is 59.6 Å². The molecule has 30 heavy (non-hydrogen) atoms. The van der Waals surface area contributed by atoms with E-state index < -0.39 is 0 Å². The highest BCUT2D eigenvalue weighted by molar-refractivity contribution is 6.36. The maximum Gasteiger partial charge on any atom is 0.251 e. The summed E-state index contributed by atoms with van der Waals surface area (Å²) < 4.78 is 2.15. The van der Waals surface area contributed by atoms with Crippen LogP contribution >= 0.6 is 23.2 Å². The van der Waals surface area contributed by atoms with Gasteiger partial charge < -0.3 is 9.88 Å². The third-order valence-corrected chi connectivity index (χ3v) is 5.72. The molecule has 0 unspecified atom stereocenters. The van der Waals surface area contributed by atoms with Crippen molar-refractivity contribution >= 4 is 40.1 Å². The first-order chi connectivity index (χ1) is 14.6.